The number of aryl methyl sites for hydroxylation is 1. The van der Waals surface area contributed by atoms with Gasteiger partial charge in [-0.25, -0.2) is 13.8 Å². The van der Waals surface area contributed by atoms with E-state index in [9.17, 15) is 26.4 Å². The van der Waals surface area contributed by atoms with Gasteiger partial charge in [-0.05, 0) is 42.8 Å². The zero-order chi connectivity index (χ0) is 24.9. The molecule has 178 valence electrons. The van der Waals surface area contributed by atoms with E-state index in [-0.39, 0.29) is 17.7 Å². The van der Waals surface area contributed by atoms with Crippen LogP contribution in [0.3, 0.4) is 0 Å². The summed E-state index contributed by atoms with van der Waals surface area (Å²) >= 11 is 0. The van der Waals surface area contributed by atoms with Gasteiger partial charge in [-0.3, -0.25) is 9.10 Å². The average molecular weight is 490 g/mol. The summed E-state index contributed by atoms with van der Waals surface area (Å²) in [4.78, 5) is 12.3. The Morgan fingerprint density at radius 1 is 1.00 bits per heavy atom. The fourth-order valence-electron chi connectivity index (χ4n) is 3.13. The lowest BCUT2D eigenvalue weighted by Crippen LogP contribution is -2.29. The predicted octanol–water partition coefficient (Wildman–Crippen LogP) is 4.74. The Bertz CT molecular complexity index is 1290. The highest BCUT2D eigenvalue weighted by Gasteiger charge is 2.32. The first-order valence-corrected chi connectivity index (χ1v) is 11.9. The number of hydrogen-bond donors (Lipinski definition) is 1. The third-order valence-electron chi connectivity index (χ3n) is 4.90. The fraction of sp³-hybridized carbons (Fsp3) is 0.167. The van der Waals surface area contributed by atoms with Crippen LogP contribution in [-0.4, -0.2) is 26.8 Å². The molecule has 0 unspecified atom stereocenters. The van der Waals surface area contributed by atoms with Crippen LogP contribution in [-0.2, 0) is 22.7 Å². The molecule has 0 saturated heterocycles. The molecule has 1 N–H and O–H groups in total. The molecule has 0 bridgehead atoms. The Labute approximate surface area is 195 Å². The standard InChI is InChI=1S/C24H22F3N3O3S/c1-17-7-9-18(10-8-17)16-30(34(2,32)33)21-13-11-19(12-14-21)23(31)29-28-15-20-5-3-4-6-22(20)24(25,26)27/h3-15H,16H2,1-2H3,(H,29,31)/b28-15-. The van der Waals surface area contributed by atoms with Gasteiger partial charge in [0.15, 0.2) is 0 Å². The molecule has 3 aromatic carbocycles. The van der Waals surface area contributed by atoms with Gasteiger partial charge in [0.05, 0.1) is 30.3 Å². The van der Waals surface area contributed by atoms with Crippen molar-refractivity contribution in [3.05, 3.63) is 101 Å². The first-order valence-electron chi connectivity index (χ1n) is 10.1. The van der Waals surface area contributed by atoms with Crippen molar-refractivity contribution in [2.75, 3.05) is 10.6 Å². The molecule has 0 aliphatic carbocycles. The van der Waals surface area contributed by atoms with Gasteiger partial charge in [0.25, 0.3) is 5.91 Å². The number of benzene rings is 3. The molecule has 1 amide bonds. The highest BCUT2D eigenvalue weighted by molar-refractivity contribution is 7.92. The number of halogens is 3. The SMILES string of the molecule is Cc1ccc(CN(c2ccc(C(=O)N/N=C\c3ccccc3C(F)(F)F)cc2)S(C)(=O)=O)cc1. The molecule has 3 aromatic rings. The van der Waals surface area contributed by atoms with Crippen LogP contribution in [0.25, 0.3) is 0 Å². The largest absolute Gasteiger partial charge is 0.417 e. The minimum Gasteiger partial charge on any atom is -0.267 e. The summed E-state index contributed by atoms with van der Waals surface area (Å²) in [5.74, 6) is -0.656. The van der Waals surface area contributed by atoms with Gasteiger partial charge in [0.2, 0.25) is 10.0 Å². The lowest BCUT2D eigenvalue weighted by atomic mass is 10.1. The minimum absolute atomic E-state index is 0.119. The average Bonchev–Trinajstić information content (AvgIpc) is 2.77. The number of nitrogens with zero attached hydrogens (tertiary/aromatic N) is 2. The monoisotopic (exact) mass is 489 g/mol. The van der Waals surface area contributed by atoms with E-state index >= 15 is 0 Å². The van der Waals surface area contributed by atoms with Crippen molar-refractivity contribution in [1.82, 2.24) is 5.43 Å². The van der Waals surface area contributed by atoms with E-state index < -0.39 is 27.7 Å². The second kappa shape index (κ2) is 10.1. The Kier molecular flexibility index (Phi) is 7.41. The molecule has 0 aliphatic heterocycles. The maximum atomic E-state index is 13.0. The molecule has 0 saturated carbocycles. The van der Waals surface area contributed by atoms with Crippen molar-refractivity contribution in [1.29, 1.82) is 0 Å². The predicted molar refractivity (Wildman–Crippen MR) is 125 cm³/mol. The van der Waals surface area contributed by atoms with Crippen LogP contribution in [0.5, 0.6) is 0 Å². The molecule has 34 heavy (non-hydrogen) atoms. The van der Waals surface area contributed by atoms with Crippen molar-refractivity contribution in [3.8, 4) is 0 Å². The summed E-state index contributed by atoms with van der Waals surface area (Å²) in [6.45, 7) is 2.05. The van der Waals surface area contributed by atoms with Gasteiger partial charge in [0, 0.05) is 11.1 Å². The number of hydrazone groups is 1. The van der Waals surface area contributed by atoms with Gasteiger partial charge in [-0.15, -0.1) is 0 Å². The number of rotatable bonds is 7. The van der Waals surface area contributed by atoms with E-state index in [2.05, 4.69) is 10.5 Å². The summed E-state index contributed by atoms with van der Waals surface area (Å²) in [7, 11) is -3.60. The Hall–Kier alpha value is -3.66. The summed E-state index contributed by atoms with van der Waals surface area (Å²) in [6.07, 6.45) is -2.54. The highest BCUT2D eigenvalue weighted by Crippen LogP contribution is 2.31. The molecule has 0 aliphatic rings. The molecule has 10 heteroatoms. The Balaban J connectivity index is 1.73. The lowest BCUT2D eigenvalue weighted by molar-refractivity contribution is -0.137. The molecule has 0 heterocycles. The summed E-state index contributed by atoms with van der Waals surface area (Å²) in [5.41, 5.74) is 3.50. The van der Waals surface area contributed by atoms with Crippen molar-refractivity contribution in [2.45, 2.75) is 19.6 Å². The topological polar surface area (TPSA) is 78.8 Å². The molecule has 0 spiro atoms. The van der Waals surface area contributed by atoms with Crippen molar-refractivity contribution < 1.29 is 26.4 Å². The quantitative estimate of drug-likeness (QED) is 0.385. The molecule has 0 fully saturated rings. The Morgan fingerprint density at radius 3 is 2.21 bits per heavy atom. The molecular weight excluding hydrogens is 467 g/mol. The minimum atomic E-state index is -4.55. The number of nitrogens with one attached hydrogen (secondary N) is 1. The van der Waals surface area contributed by atoms with Gasteiger partial charge in [0.1, 0.15) is 0 Å². The molecule has 6 nitrogen and oxygen atoms in total. The zero-order valence-electron chi connectivity index (χ0n) is 18.4. The third kappa shape index (κ3) is 6.44. The van der Waals surface area contributed by atoms with E-state index in [1.54, 1.807) is 0 Å². The number of carbonyl (C=O) groups is 1. The number of alkyl halides is 3. The smallest absolute Gasteiger partial charge is 0.267 e. The van der Waals surface area contributed by atoms with Gasteiger partial charge in [-0.1, -0.05) is 48.0 Å². The lowest BCUT2D eigenvalue weighted by Gasteiger charge is -2.22. The first-order chi connectivity index (χ1) is 15.9. The molecule has 3 rings (SSSR count). The number of carbonyl (C=O) groups excluding carboxylic acids is 1. The fourth-order valence-corrected chi connectivity index (χ4v) is 4.02. The Morgan fingerprint density at radius 2 is 1.62 bits per heavy atom. The van der Waals surface area contributed by atoms with Crippen LogP contribution in [0, 0.1) is 6.92 Å². The van der Waals surface area contributed by atoms with Gasteiger partial charge >= 0.3 is 6.18 Å². The second-order valence-corrected chi connectivity index (χ2v) is 9.49. The number of anilines is 1. The number of amides is 1. The summed E-state index contributed by atoms with van der Waals surface area (Å²) in [6, 6.07) is 18.1. The molecule has 0 radical (unpaired) electrons. The van der Waals surface area contributed by atoms with Gasteiger partial charge in [-0.2, -0.15) is 18.3 Å². The van der Waals surface area contributed by atoms with Crippen LogP contribution >= 0.6 is 0 Å². The van der Waals surface area contributed by atoms with E-state index in [0.29, 0.717) is 5.69 Å². The number of sulfonamides is 1. The summed E-state index contributed by atoms with van der Waals surface area (Å²) in [5, 5.41) is 3.62. The zero-order valence-corrected chi connectivity index (χ0v) is 19.2. The highest BCUT2D eigenvalue weighted by atomic mass is 32.2. The molecular formula is C24H22F3N3O3S. The van der Waals surface area contributed by atoms with Crippen LogP contribution in [0.15, 0.2) is 77.9 Å². The van der Waals surface area contributed by atoms with E-state index in [1.165, 1.54) is 46.8 Å². The number of hydrogen-bond acceptors (Lipinski definition) is 4. The van der Waals surface area contributed by atoms with Crippen LogP contribution in [0.2, 0.25) is 0 Å². The normalized spacial score (nSPS) is 12.0. The van der Waals surface area contributed by atoms with E-state index in [0.717, 1.165) is 29.7 Å². The van der Waals surface area contributed by atoms with Crippen LogP contribution < -0.4 is 9.73 Å². The second-order valence-electron chi connectivity index (χ2n) is 7.59. The van der Waals surface area contributed by atoms with Gasteiger partial charge < -0.3 is 0 Å². The van der Waals surface area contributed by atoms with Crippen molar-refractivity contribution in [3.63, 3.8) is 0 Å². The summed E-state index contributed by atoms with van der Waals surface area (Å²) < 4.78 is 65.0. The van der Waals surface area contributed by atoms with E-state index in [1.807, 2.05) is 31.2 Å². The first kappa shape index (κ1) is 25.0. The van der Waals surface area contributed by atoms with Crippen molar-refractivity contribution >= 4 is 27.8 Å². The van der Waals surface area contributed by atoms with Crippen LogP contribution in [0.1, 0.15) is 32.6 Å². The maximum Gasteiger partial charge on any atom is 0.417 e. The molecule has 0 atom stereocenters. The maximum absolute atomic E-state index is 13.0. The van der Waals surface area contributed by atoms with E-state index in [4.69, 9.17) is 0 Å². The van der Waals surface area contributed by atoms with Crippen LogP contribution in [0.4, 0.5) is 18.9 Å². The third-order valence-corrected chi connectivity index (χ3v) is 6.04. The van der Waals surface area contributed by atoms with Crippen molar-refractivity contribution in [2.24, 2.45) is 5.10 Å². The molecule has 0 aromatic heterocycles.